The van der Waals surface area contributed by atoms with Crippen molar-refractivity contribution < 1.29 is 9.53 Å². The lowest BCUT2D eigenvalue weighted by Crippen LogP contribution is -2.47. The largest absolute Gasteiger partial charge is 0.444 e. The van der Waals surface area contributed by atoms with Crippen molar-refractivity contribution in [3.63, 3.8) is 0 Å². The Morgan fingerprint density at radius 1 is 1.10 bits per heavy atom. The van der Waals surface area contributed by atoms with Gasteiger partial charge in [-0.2, -0.15) is 0 Å². The molecule has 1 aliphatic carbocycles. The summed E-state index contributed by atoms with van der Waals surface area (Å²) in [5.74, 6) is 0.816. The summed E-state index contributed by atoms with van der Waals surface area (Å²) in [7, 11) is 1.80. The van der Waals surface area contributed by atoms with Crippen molar-refractivity contribution in [2.24, 2.45) is 4.99 Å². The first-order chi connectivity index (χ1) is 14.8. The predicted molar refractivity (Wildman–Crippen MR) is 127 cm³/mol. The van der Waals surface area contributed by atoms with Gasteiger partial charge in [0.2, 0.25) is 0 Å². The van der Waals surface area contributed by atoms with E-state index in [1.54, 1.807) is 7.05 Å². The summed E-state index contributed by atoms with van der Waals surface area (Å²) in [6.07, 6.45) is 7.91. The first-order valence-corrected chi connectivity index (χ1v) is 11.3. The molecule has 1 amide bonds. The molecule has 7 heteroatoms. The molecule has 3 N–H and O–H groups in total. The van der Waals surface area contributed by atoms with Gasteiger partial charge >= 0.3 is 6.09 Å². The first kappa shape index (κ1) is 23.0. The minimum absolute atomic E-state index is 0.172. The number of hydrogen-bond acceptors (Lipinski definition) is 4. The van der Waals surface area contributed by atoms with Crippen LogP contribution in [0, 0.1) is 0 Å². The Balaban J connectivity index is 1.41. The number of hydrogen-bond donors (Lipinski definition) is 3. The molecule has 0 spiro atoms. The first-order valence-electron chi connectivity index (χ1n) is 11.3. The van der Waals surface area contributed by atoms with Gasteiger partial charge in [0.1, 0.15) is 5.60 Å². The predicted octanol–water partition coefficient (Wildman–Crippen LogP) is 3.56. The molecule has 0 aromatic heterocycles. The summed E-state index contributed by atoms with van der Waals surface area (Å²) in [4.78, 5) is 18.7. The normalized spacial score (nSPS) is 21.7. The maximum absolute atomic E-state index is 12.0. The van der Waals surface area contributed by atoms with E-state index in [4.69, 9.17) is 4.74 Å². The van der Waals surface area contributed by atoms with Gasteiger partial charge in [0, 0.05) is 44.5 Å². The monoisotopic (exact) mass is 427 g/mol. The van der Waals surface area contributed by atoms with Crippen LogP contribution in [-0.2, 0) is 11.3 Å². The average Bonchev–Trinajstić information content (AvgIpc) is 3.26. The van der Waals surface area contributed by atoms with Crippen molar-refractivity contribution in [1.82, 2.24) is 16.0 Å². The van der Waals surface area contributed by atoms with Crippen molar-refractivity contribution >= 4 is 17.7 Å². The molecule has 1 aromatic carbocycles. The molecular formula is C24H37N5O2. The smallest absolute Gasteiger partial charge is 0.407 e. The van der Waals surface area contributed by atoms with Crippen LogP contribution in [0.5, 0.6) is 0 Å². The summed E-state index contributed by atoms with van der Waals surface area (Å²) in [6.45, 7) is 8.32. The molecule has 1 fully saturated rings. The molecule has 0 bridgehead atoms. The minimum Gasteiger partial charge on any atom is -0.444 e. The average molecular weight is 428 g/mol. The third-order valence-corrected chi connectivity index (χ3v) is 5.57. The standard InChI is InChI=1S/C24H37N5O2/c1-24(2,3)31-23(30)28-20-12-10-19(11-13-20)27-22(25-4)26-17-18-8-7-9-21(16-18)29-14-5-6-15-29/h5-9,16,19-20H,10-15,17H2,1-4H3,(H,28,30)(H2,25,26,27). The third-order valence-electron chi connectivity index (χ3n) is 5.57. The lowest BCUT2D eigenvalue weighted by molar-refractivity contribution is 0.0490. The SMILES string of the molecule is CN=C(NCc1cccc(N2CC=CC2)c1)NC1CCC(NC(=O)OC(C)(C)C)CC1. The van der Waals surface area contributed by atoms with E-state index in [1.165, 1.54) is 11.3 Å². The van der Waals surface area contributed by atoms with Gasteiger partial charge in [-0.25, -0.2) is 4.79 Å². The number of anilines is 1. The van der Waals surface area contributed by atoms with E-state index < -0.39 is 5.60 Å². The van der Waals surface area contributed by atoms with Gasteiger partial charge in [-0.15, -0.1) is 0 Å². The molecule has 1 heterocycles. The number of carbonyl (C=O) groups is 1. The van der Waals surface area contributed by atoms with E-state index in [0.29, 0.717) is 6.04 Å². The summed E-state index contributed by atoms with van der Waals surface area (Å²) in [5.41, 5.74) is 2.02. The van der Waals surface area contributed by atoms with Crippen LogP contribution in [0.1, 0.15) is 52.0 Å². The highest BCUT2D eigenvalue weighted by Gasteiger charge is 2.25. The van der Waals surface area contributed by atoms with Crippen LogP contribution in [0.15, 0.2) is 41.4 Å². The molecule has 3 rings (SSSR count). The molecule has 170 valence electrons. The number of nitrogens with zero attached hydrogens (tertiary/aromatic N) is 2. The third kappa shape index (κ3) is 7.49. The molecule has 1 aromatic rings. The lowest BCUT2D eigenvalue weighted by atomic mass is 9.91. The maximum atomic E-state index is 12.0. The van der Waals surface area contributed by atoms with Gasteiger partial charge < -0.3 is 25.6 Å². The molecular weight excluding hydrogens is 390 g/mol. The zero-order valence-electron chi connectivity index (χ0n) is 19.3. The van der Waals surface area contributed by atoms with Gasteiger partial charge in [0.25, 0.3) is 0 Å². The summed E-state index contributed by atoms with van der Waals surface area (Å²) in [5, 5.41) is 9.96. The van der Waals surface area contributed by atoms with Crippen LogP contribution >= 0.6 is 0 Å². The van der Waals surface area contributed by atoms with Crippen LogP contribution in [-0.4, -0.2) is 49.9 Å². The number of alkyl carbamates (subject to hydrolysis) is 1. The summed E-state index contributed by atoms with van der Waals surface area (Å²) >= 11 is 0. The summed E-state index contributed by atoms with van der Waals surface area (Å²) in [6, 6.07) is 9.17. The molecule has 0 atom stereocenters. The van der Waals surface area contributed by atoms with Crippen LogP contribution in [0.25, 0.3) is 0 Å². The molecule has 1 saturated carbocycles. The van der Waals surface area contributed by atoms with Crippen LogP contribution < -0.4 is 20.9 Å². The number of amides is 1. The molecule has 1 aliphatic heterocycles. The fourth-order valence-electron chi connectivity index (χ4n) is 3.98. The Morgan fingerprint density at radius 3 is 2.35 bits per heavy atom. The highest BCUT2D eigenvalue weighted by atomic mass is 16.6. The Morgan fingerprint density at radius 2 is 1.74 bits per heavy atom. The molecule has 2 aliphatic rings. The molecule has 0 saturated heterocycles. The second kappa shape index (κ2) is 10.6. The van der Waals surface area contributed by atoms with Crippen molar-refractivity contribution in [1.29, 1.82) is 0 Å². The Bertz CT molecular complexity index is 783. The second-order valence-corrected chi connectivity index (χ2v) is 9.31. The zero-order chi connectivity index (χ0) is 22.3. The van der Waals surface area contributed by atoms with E-state index in [9.17, 15) is 4.79 Å². The molecule has 7 nitrogen and oxygen atoms in total. The number of rotatable bonds is 5. The highest BCUT2D eigenvalue weighted by molar-refractivity contribution is 5.80. The van der Waals surface area contributed by atoms with E-state index in [1.807, 2.05) is 20.8 Å². The van der Waals surface area contributed by atoms with E-state index in [0.717, 1.165) is 51.3 Å². The Kier molecular flexibility index (Phi) is 7.82. The van der Waals surface area contributed by atoms with Crippen molar-refractivity contribution in [2.75, 3.05) is 25.0 Å². The number of guanidine groups is 1. The van der Waals surface area contributed by atoms with E-state index in [-0.39, 0.29) is 12.1 Å². The molecule has 0 radical (unpaired) electrons. The number of ether oxygens (including phenoxy) is 1. The summed E-state index contributed by atoms with van der Waals surface area (Å²) < 4.78 is 5.36. The van der Waals surface area contributed by atoms with Crippen molar-refractivity contribution in [3.8, 4) is 0 Å². The topological polar surface area (TPSA) is 78.0 Å². The fraction of sp³-hybridized carbons (Fsp3) is 0.583. The number of aliphatic imine (C=N–C) groups is 1. The van der Waals surface area contributed by atoms with Gasteiger partial charge in [0.15, 0.2) is 5.96 Å². The molecule has 31 heavy (non-hydrogen) atoms. The number of benzene rings is 1. The lowest BCUT2D eigenvalue weighted by Gasteiger charge is -2.31. The van der Waals surface area contributed by atoms with Gasteiger partial charge in [-0.05, 0) is 64.2 Å². The van der Waals surface area contributed by atoms with Crippen LogP contribution in [0.3, 0.4) is 0 Å². The van der Waals surface area contributed by atoms with E-state index >= 15 is 0 Å². The zero-order valence-corrected chi connectivity index (χ0v) is 19.3. The fourth-order valence-corrected chi connectivity index (χ4v) is 3.98. The van der Waals surface area contributed by atoms with Crippen LogP contribution in [0.2, 0.25) is 0 Å². The maximum Gasteiger partial charge on any atom is 0.407 e. The Hall–Kier alpha value is -2.70. The van der Waals surface area contributed by atoms with Gasteiger partial charge in [-0.3, -0.25) is 4.99 Å². The number of carbonyl (C=O) groups excluding carboxylic acids is 1. The van der Waals surface area contributed by atoms with Crippen molar-refractivity contribution in [3.05, 3.63) is 42.0 Å². The second-order valence-electron chi connectivity index (χ2n) is 9.31. The van der Waals surface area contributed by atoms with Gasteiger partial charge in [-0.1, -0.05) is 24.3 Å². The number of nitrogens with one attached hydrogen (secondary N) is 3. The van der Waals surface area contributed by atoms with Crippen LogP contribution in [0.4, 0.5) is 10.5 Å². The van der Waals surface area contributed by atoms with E-state index in [2.05, 4.69) is 62.3 Å². The highest BCUT2D eigenvalue weighted by Crippen LogP contribution is 2.20. The molecule has 0 unspecified atom stereocenters. The van der Waals surface area contributed by atoms with Crippen molar-refractivity contribution in [2.45, 2.75) is 70.7 Å². The van der Waals surface area contributed by atoms with Gasteiger partial charge in [0.05, 0.1) is 0 Å². The quantitative estimate of drug-likeness (QED) is 0.380. The minimum atomic E-state index is -0.466. The Labute approximate surface area is 186 Å².